The van der Waals surface area contributed by atoms with Gasteiger partial charge in [0.1, 0.15) is 0 Å². The van der Waals surface area contributed by atoms with Crippen molar-refractivity contribution in [3.8, 4) is 0 Å². The van der Waals surface area contributed by atoms with Crippen LogP contribution >= 0.6 is 0 Å². The van der Waals surface area contributed by atoms with Gasteiger partial charge in [-0.25, -0.2) is 0 Å². The van der Waals surface area contributed by atoms with Crippen molar-refractivity contribution in [1.29, 1.82) is 0 Å². The van der Waals surface area contributed by atoms with Gasteiger partial charge in [0, 0.05) is 31.9 Å². The summed E-state index contributed by atoms with van der Waals surface area (Å²) in [5.41, 5.74) is 1.15. The standard InChI is InChI=1S/C11H17N3O2/c1-13-6-9(5-12-13)7-14-4-2-3-10(8-14)11(15)16/h5-6,10H,2-4,7-8H2,1H3,(H,15,16)/t10-/m1/s1. The fourth-order valence-electron chi connectivity index (χ4n) is 2.21. The van der Waals surface area contributed by atoms with E-state index in [0.717, 1.165) is 31.5 Å². The quantitative estimate of drug-likeness (QED) is 0.820. The van der Waals surface area contributed by atoms with Gasteiger partial charge in [-0.1, -0.05) is 0 Å². The minimum atomic E-state index is -0.670. The molecule has 1 aliphatic heterocycles. The first-order chi connectivity index (χ1) is 7.65. The first kappa shape index (κ1) is 11.1. The van der Waals surface area contributed by atoms with Crippen molar-refractivity contribution in [2.75, 3.05) is 13.1 Å². The van der Waals surface area contributed by atoms with Gasteiger partial charge in [0.2, 0.25) is 0 Å². The molecule has 2 heterocycles. The summed E-state index contributed by atoms with van der Waals surface area (Å²) in [5.74, 6) is -0.874. The number of aromatic nitrogens is 2. The maximum absolute atomic E-state index is 10.9. The summed E-state index contributed by atoms with van der Waals surface area (Å²) in [6.07, 6.45) is 5.59. The average molecular weight is 223 g/mol. The number of rotatable bonds is 3. The van der Waals surface area contributed by atoms with Crippen LogP contribution in [0.15, 0.2) is 12.4 Å². The number of hydrogen-bond acceptors (Lipinski definition) is 3. The predicted octanol–water partition coefficient (Wildman–Crippen LogP) is 0.717. The lowest BCUT2D eigenvalue weighted by molar-refractivity contribution is -0.143. The highest BCUT2D eigenvalue weighted by Gasteiger charge is 2.25. The van der Waals surface area contributed by atoms with E-state index in [9.17, 15) is 4.79 Å². The summed E-state index contributed by atoms with van der Waals surface area (Å²) in [4.78, 5) is 13.1. The third-order valence-electron chi connectivity index (χ3n) is 3.02. The molecule has 0 saturated carbocycles. The van der Waals surface area contributed by atoms with Crippen molar-refractivity contribution in [3.05, 3.63) is 18.0 Å². The summed E-state index contributed by atoms with van der Waals surface area (Å²) in [6.45, 7) is 2.44. The Morgan fingerprint density at radius 1 is 1.69 bits per heavy atom. The van der Waals surface area contributed by atoms with Crippen molar-refractivity contribution in [3.63, 3.8) is 0 Å². The summed E-state index contributed by atoms with van der Waals surface area (Å²) < 4.78 is 1.77. The van der Waals surface area contributed by atoms with Crippen LogP contribution in [0, 0.1) is 5.92 Å². The Labute approximate surface area is 94.7 Å². The molecule has 0 amide bonds. The van der Waals surface area contributed by atoms with Gasteiger partial charge in [-0.3, -0.25) is 14.4 Å². The molecule has 1 N–H and O–H groups in total. The fourth-order valence-corrected chi connectivity index (χ4v) is 2.21. The van der Waals surface area contributed by atoms with Crippen molar-refractivity contribution in [2.45, 2.75) is 19.4 Å². The molecular formula is C11H17N3O2. The monoisotopic (exact) mass is 223 g/mol. The van der Waals surface area contributed by atoms with Crippen molar-refractivity contribution >= 4 is 5.97 Å². The van der Waals surface area contributed by atoms with Crippen molar-refractivity contribution < 1.29 is 9.90 Å². The lowest BCUT2D eigenvalue weighted by atomic mass is 9.98. The molecule has 0 spiro atoms. The molecule has 1 aromatic heterocycles. The lowest BCUT2D eigenvalue weighted by Gasteiger charge is -2.30. The van der Waals surface area contributed by atoms with E-state index >= 15 is 0 Å². The number of aliphatic carboxylic acids is 1. The van der Waals surface area contributed by atoms with E-state index in [4.69, 9.17) is 5.11 Å². The number of hydrogen-bond donors (Lipinski definition) is 1. The molecule has 0 bridgehead atoms. The molecule has 0 aliphatic carbocycles. The first-order valence-corrected chi connectivity index (χ1v) is 5.58. The van der Waals surface area contributed by atoms with Crippen LogP contribution in [0.2, 0.25) is 0 Å². The second-order valence-electron chi connectivity index (χ2n) is 4.43. The van der Waals surface area contributed by atoms with Crippen LogP contribution in [0.3, 0.4) is 0 Å². The Kier molecular flexibility index (Phi) is 3.24. The molecule has 88 valence electrons. The maximum atomic E-state index is 10.9. The van der Waals surface area contributed by atoms with E-state index in [1.807, 2.05) is 19.4 Å². The molecule has 0 radical (unpaired) electrons. The molecule has 5 nitrogen and oxygen atoms in total. The van der Waals surface area contributed by atoms with E-state index < -0.39 is 5.97 Å². The van der Waals surface area contributed by atoms with E-state index in [-0.39, 0.29) is 5.92 Å². The highest BCUT2D eigenvalue weighted by atomic mass is 16.4. The van der Waals surface area contributed by atoms with Gasteiger partial charge in [-0.15, -0.1) is 0 Å². The fraction of sp³-hybridized carbons (Fsp3) is 0.636. The van der Waals surface area contributed by atoms with Gasteiger partial charge in [0.15, 0.2) is 0 Å². The Balaban J connectivity index is 1.92. The Bertz CT molecular complexity index is 375. The number of piperidine rings is 1. The van der Waals surface area contributed by atoms with E-state index in [1.165, 1.54) is 0 Å². The van der Waals surface area contributed by atoms with Gasteiger partial charge in [0.25, 0.3) is 0 Å². The molecule has 5 heteroatoms. The molecule has 0 unspecified atom stereocenters. The van der Waals surface area contributed by atoms with Crippen LogP contribution in [0.5, 0.6) is 0 Å². The Morgan fingerprint density at radius 2 is 2.50 bits per heavy atom. The highest BCUT2D eigenvalue weighted by molar-refractivity contribution is 5.70. The third kappa shape index (κ3) is 2.61. The molecular weight excluding hydrogens is 206 g/mol. The zero-order valence-corrected chi connectivity index (χ0v) is 9.46. The number of aryl methyl sites for hydroxylation is 1. The second kappa shape index (κ2) is 4.65. The molecule has 1 fully saturated rings. The minimum Gasteiger partial charge on any atom is -0.481 e. The molecule has 2 rings (SSSR count). The highest BCUT2D eigenvalue weighted by Crippen LogP contribution is 2.18. The smallest absolute Gasteiger partial charge is 0.307 e. The van der Waals surface area contributed by atoms with Crippen LogP contribution in [-0.4, -0.2) is 38.8 Å². The molecule has 1 aliphatic rings. The van der Waals surface area contributed by atoms with Crippen molar-refractivity contribution in [1.82, 2.24) is 14.7 Å². The minimum absolute atomic E-state index is 0.203. The zero-order chi connectivity index (χ0) is 11.5. The van der Waals surface area contributed by atoms with Crippen molar-refractivity contribution in [2.24, 2.45) is 13.0 Å². The Morgan fingerprint density at radius 3 is 3.12 bits per heavy atom. The normalized spacial score (nSPS) is 22.2. The van der Waals surface area contributed by atoms with Gasteiger partial charge < -0.3 is 5.11 Å². The molecule has 1 atom stereocenters. The number of nitrogens with zero attached hydrogens (tertiary/aromatic N) is 3. The van der Waals surface area contributed by atoms with Gasteiger partial charge in [-0.05, 0) is 19.4 Å². The molecule has 0 aromatic carbocycles. The second-order valence-corrected chi connectivity index (χ2v) is 4.43. The summed E-state index contributed by atoms with van der Waals surface area (Å²) in [6, 6.07) is 0. The maximum Gasteiger partial charge on any atom is 0.307 e. The Hall–Kier alpha value is -1.36. The number of carboxylic acids is 1. The third-order valence-corrected chi connectivity index (χ3v) is 3.02. The van der Waals surface area contributed by atoms with Crippen LogP contribution in [0.4, 0.5) is 0 Å². The number of carbonyl (C=O) groups is 1. The molecule has 1 saturated heterocycles. The summed E-state index contributed by atoms with van der Waals surface area (Å²) in [5, 5.41) is 13.1. The van der Waals surface area contributed by atoms with E-state index in [2.05, 4.69) is 10.00 Å². The number of likely N-dealkylation sites (tertiary alicyclic amines) is 1. The van der Waals surface area contributed by atoms with Crippen LogP contribution in [-0.2, 0) is 18.4 Å². The average Bonchev–Trinajstić information content (AvgIpc) is 2.64. The number of carboxylic acid groups (broad SMARTS) is 1. The topological polar surface area (TPSA) is 58.4 Å². The van der Waals surface area contributed by atoms with Gasteiger partial charge in [-0.2, -0.15) is 5.10 Å². The SMILES string of the molecule is Cn1cc(CN2CCC[C@@H](C(=O)O)C2)cn1. The zero-order valence-electron chi connectivity index (χ0n) is 9.46. The van der Waals surface area contributed by atoms with E-state index in [1.54, 1.807) is 4.68 Å². The van der Waals surface area contributed by atoms with E-state index in [0.29, 0.717) is 6.54 Å². The summed E-state index contributed by atoms with van der Waals surface area (Å²) in [7, 11) is 1.89. The first-order valence-electron chi connectivity index (χ1n) is 5.58. The lowest BCUT2D eigenvalue weighted by Crippen LogP contribution is -2.38. The van der Waals surface area contributed by atoms with Gasteiger partial charge in [0.05, 0.1) is 12.1 Å². The van der Waals surface area contributed by atoms with Crippen LogP contribution in [0.1, 0.15) is 18.4 Å². The summed E-state index contributed by atoms with van der Waals surface area (Å²) >= 11 is 0. The van der Waals surface area contributed by atoms with Gasteiger partial charge >= 0.3 is 5.97 Å². The largest absolute Gasteiger partial charge is 0.481 e. The molecule has 1 aromatic rings. The molecule has 16 heavy (non-hydrogen) atoms. The van der Waals surface area contributed by atoms with Crippen LogP contribution in [0.25, 0.3) is 0 Å². The predicted molar refractivity (Wildman–Crippen MR) is 58.8 cm³/mol. The van der Waals surface area contributed by atoms with Crippen LogP contribution < -0.4 is 0 Å².